The van der Waals surface area contributed by atoms with E-state index in [4.69, 9.17) is 21.5 Å². The largest absolute Gasteiger partial charge is 0.452 e. The van der Waals surface area contributed by atoms with E-state index in [9.17, 15) is 18.0 Å². The number of hydrogen-bond acceptors (Lipinski definition) is 5. The van der Waals surface area contributed by atoms with Crippen LogP contribution in [0, 0.1) is 0 Å². The second-order valence-corrected chi connectivity index (χ2v) is 8.01. The van der Waals surface area contributed by atoms with Gasteiger partial charge in [-0.15, -0.1) is 0 Å². The molecule has 1 amide bonds. The highest BCUT2D eigenvalue weighted by Crippen LogP contribution is 2.27. The molecule has 0 fully saturated rings. The van der Waals surface area contributed by atoms with Crippen LogP contribution >= 0.6 is 11.6 Å². The number of benzene rings is 2. The number of aryl methyl sites for hydroxylation is 1. The van der Waals surface area contributed by atoms with E-state index in [0.717, 1.165) is 30.2 Å². The number of carbonyl (C=O) groups is 2. The van der Waals surface area contributed by atoms with Gasteiger partial charge in [0.25, 0.3) is 5.91 Å². The fourth-order valence-electron chi connectivity index (χ4n) is 2.91. The number of primary sulfonamides is 1. The molecule has 1 heterocycles. The van der Waals surface area contributed by atoms with E-state index in [2.05, 4.69) is 0 Å². The zero-order valence-corrected chi connectivity index (χ0v) is 15.8. The van der Waals surface area contributed by atoms with Gasteiger partial charge in [0.05, 0.1) is 15.5 Å². The van der Waals surface area contributed by atoms with Gasteiger partial charge in [0, 0.05) is 12.2 Å². The molecule has 1 aliphatic rings. The Hall–Kier alpha value is -2.42. The smallest absolute Gasteiger partial charge is 0.340 e. The van der Waals surface area contributed by atoms with Crippen molar-refractivity contribution in [3.05, 3.63) is 58.6 Å². The Labute approximate surface area is 161 Å². The van der Waals surface area contributed by atoms with E-state index in [1.54, 1.807) is 4.90 Å². The molecule has 7 nitrogen and oxygen atoms in total. The van der Waals surface area contributed by atoms with Crippen LogP contribution in [0.4, 0.5) is 5.69 Å². The van der Waals surface area contributed by atoms with Crippen molar-refractivity contribution < 1.29 is 22.7 Å². The molecule has 0 aliphatic carbocycles. The number of nitrogens with two attached hydrogens (primary N) is 1. The zero-order chi connectivity index (χ0) is 19.6. The number of sulfonamides is 1. The Morgan fingerprint density at radius 3 is 2.67 bits per heavy atom. The summed E-state index contributed by atoms with van der Waals surface area (Å²) in [6.07, 6.45) is 1.70. The molecule has 142 valence electrons. The van der Waals surface area contributed by atoms with Crippen LogP contribution in [-0.2, 0) is 26.0 Å². The van der Waals surface area contributed by atoms with Gasteiger partial charge in [-0.1, -0.05) is 29.8 Å². The highest BCUT2D eigenvalue weighted by Gasteiger charge is 2.24. The molecule has 3 rings (SSSR count). The Bertz CT molecular complexity index is 1010. The van der Waals surface area contributed by atoms with Gasteiger partial charge in [0.2, 0.25) is 10.0 Å². The summed E-state index contributed by atoms with van der Waals surface area (Å²) in [6.45, 7) is 0.0537. The first kappa shape index (κ1) is 19.3. The Morgan fingerprint density at radius 2 is 1.93 bits per heavy atom. The third-order valence-corrected chi connectivity index (χ3v) is 5.46. The number of halogens is 1. The summed E-state index contributed by atoms with van der Waals surface area (Å²) in [4.78, 5) is 26.1. The molecular formula is C18H17ClN2O5S. The predicted molar refractivity (Wildman–Crippen MR) is 100 cm³/mol. The minimum atomic E-state index is -4.00. The fraction of sp³-hybridized carbons (Fsp3) is 0.222. The van der Waals surface area contributed by atoms with E-state index < -0.39 is 22.6 Å². The van der Waals surface area contributed by atoms with Crippen molar-refractivity contribution in [3.8, 4) is 0 Å². The van der Waals surface area contributed by atoms with Crippen molar-refractivity contribution in [2.45, 2.75) is 17.7 Å². The molecule has 0 saturated heterocycles. The van der Waals surface area contributed by atoms with Crippen molar-refractivity contribution in [2.24, 2.45) is 5.14 Å². The molecule has 2 N–H and O–H groups in total. The zero-order valence-electron chi connectivity index (χ0n) is 14.2. The van der Waals surface area contributed by atoms with Crippen LogP contribution in [0.25, 0.3) is 0 Å². The predicted octanol–water partition coefficient (Wildman–Crippen LogP) is 2.12. The van der Waals surface area contributed by atoms with E-state index >= 15 is 0 Å². The summed E-state index contributed by atoms with van der Waals surface area (Å²) >= 11 is 5.94. The first-order valence-electron chi connectivity index (χ1n) is 8.15. The number of carbonyl (C=O) groups excluding carboxylic acids is 2. The summed E-state index contributed by atoms with van der Waals surface area (Å²) in [5.74, 6) is -1.27. The number of esters is 1. The van der Waals surface area contributed by atoms with Crippen molar-refractivity contribution in [1.82, 2.24) is 0 Å². The molecule has 9 heteroatoms. The molecule has 2 aromatic rings. The maximum atomic E-state index is 12.5. The molecule has 27 heavy (non-hydrogen) atoms. The van der Waals surface area contributed by atoms with Crippen LogP contribution in [0.5, 0.6) is 0 Å². The lowest BCUT2D eigenvalue weighted by Crippen LogP contribution is -2.38. The van der Waals surface area contributed by atoms with Crippen LogP contribution in [0.3, 0.4) is 0 Å². The topological polar surface area (TPSA) is 107 Å². The second kappa shape index (κ2) is 7.67. The number of para-hydroxylation sites is 1. The monoisotopic (exact) mass is 408 g/mol. The minimum absolute atomic E-state index is 0.00293. The highest BCUT2D eigenvalue weighted by molar-refractivity contribution is 7.89. The normalized spacial score (nSPS) is 13.8. The average molecular weight is 409 g/mol. The van der Waals surface area contributed by atoms with Gasteiger partial charge in [0.15, 0.2) is 6.61 Å². The molecule has 2 aromatic carbocycles. The van der Waals surface area contributed by atoms with E-state index in [1.807, 2.05) is 24.3 Å². The number of amides is 1. The number of hydrogen-bond donors (Lipinski definition) is 1. The first-order chi connectivity index (χ1) is 12.8. The third-order valence-electron chi connectivity index (χ3n) is 4.22. The molecule has 0 radical (unpaired) electrons. The number of anilines is 1. The maximum Gasteiger partial charge on any atom is 0.340 e. The highest BCUT2D eigenvalue weighted by atomic mass is 35.5. The lowest BCUT2D eigenvalue weighted by atomic mass is 10.0. The Morgan fingerprint density at radius 1 is 1.19 bits per heavy atom. The number of ether oxygens (including phenoxy) is 1. The van der Waals surface area contributed by atoms with E-state index in [-0.39, 0.29) is 21.4 Å². The number of fused-ring (bicyclic) bond motifs is 1. The lowest BCUT2D eigenvalue weighted by Gasteiger charge is -2.29. The van der Waals surface area contributed by atoms with E-state index in [0.29, 0.717) is 6.54 Å². The van der Waals surface area contributed by atoms with Crippen LogP contribution in [0.2, 0.25) is 5.02 Å². The fourth-order valence-corrected chi connectivity index (χ4v) is 3.65. The number of nitrogens with zero attached hydrogens (tertiary/aromatic N) is 1. The summed E-state index contributed by atoms with van der Waals surface area (Å²) < 4.78 is 27.9. The quantitative estimate of drug-likeness (QED) is 0.780. The number of rotatable bonds is 4. The van der Waals surface area contributed by atoms with Gasteiger partial charge in [0.1, 0.15) is 0 Å². The molecule has 0 unspecified atom stereocenters. The standard InChI is InChI=1S/C18H17ClN2O5S/c19-15-8-7-13(27(20,24)25)10-14(15)18(23)26-11-17(22)21-9-3-5-12-4-1-2-6-16(12)21/h1-2,4,6-8,10H,3,5,9,11H2,(H2,20,24,25). The first-order valence-corrected chi connectivity index (χ1v) is 10.1. The Balaban J connectivity index is 1.73. The Kier molecular flexibility index (Phi) is 5.50. The van der Waals surface area contributed by atoms with Gasteiger partial charge in [-0.25, -0.2) is 18.4 Å². The van der Waals surface area contributed by atoms with Crippen molar-refractivity contribution in [2.75, 3.05) is 18.1 Å². The van der Waals surface area contributed by atoms with Gasteiger partial charge >= 0.3 is 5.97 Å². The lowest BCUT2D eigenvalue weighted by molar-refractivity contribution is -0.121. The maximum absolute atomic E-state index is 12.5. The third kappa shape index (κ3) is 4.29. The molecule has 0 aromatic heterocycles. The van der Waals surface area contributed by atoms with Gasteiger partial charge in [-0.05, 0) is 42.7 Å². The van der Waals surface area contributed by atoms with Crippen LogP contribution < -0.4 is 10.0 Å². The van der Waals surface area contributed by atoms with Crippen LogP contribution in [0.15, 0.2) is 47.4 Å². The van der Waals surface area contributed by atoms with Crippen molar-refractivity contribution in [1.29, 1.82) is 0 Å². The van der Waals surface area contributed by atoms with Crippen LogP contribution in [0.1, 0.15) is 22.3 Å². The molecular weight excluding hydrogens is 392 g/mol. The SMILES string of the molecule is NS(=O)(=O)c1ccc(Cl)c(C(=O)OCC(=O)N2CCCc3ccccc32)c1. The van der Waals surface area contributed by atoms with E-state index in [1.165, 1.54) is 12.1 Å². The van der Waals surface area contributed by atoms with Gasteiger partial charge in [-0.2, -0.15) is 0 Å². The minimum Gasteiger partial charge on any atom is -0.452 e. The molecule has 0 bridgehead atoms. The van der Waals surface area contributed by atoms with Gasteiger partial charge < -0.3 is 9.64 Å². The van der Waals surface area contributed by atoms with Crippen molar-refractivity contribution in [3.63, 3.8) is 0 Å². The summed E-state index contributed by atoms with van der Waals surface area (Å²) in [5, 5.41) is 5.06. The average Bonchev–Trinajstić information content (AvgIpc) is 2.64. The second-order valence-electron chi connectivity index (χ2n) is 6.04. The summed E-state index contributed by atoms with van der Waals surface area (Å²) in [7, 11) is -4.00. The molecule has 1 aliphatic heterocycles. The molecule has 0 spiro atoms. The summed E-state index contributed by atoms with van der Waals surface area (Å²) in [6, 6.07) is 11.0. The molecule has 0 saturated carbocycles. The van der Waals surface area contributed by atoms with Crippen molar-refractivity contribution >= 4 is 39.2 Å². The van der Waals surface area contributed by atoms with Gasteiger partial charge in [-0.3, -0.25) is 4.79 Å². The molecule has 0 atom stereocenters. The summed E-state index contributed by atoms with van der Waals surface area (Å²) in [5.41, 5.74) is 1.70. The van der Waals surface area contributed by atoms with Crippen LogP contribution in [-0.4, -0.2) is 33.4 Å².